The van der Waals surface area contributed by atoms with Crippen LogP contribution in [-0.2, 0) is 6.18 Å². The Morgan fingerprint density at radius 2 is 1.92 bits per heavy atom. The lowest BCUT2D eigenvalue weighted by molar-refractivity contribution is -0.146. The van der Waals surface area contributed by atoms with Crippen LogP contribution < -0.4 is 4.74 Å². The van der Waals surface area contributed by atoms with Crippen LogP contribution in [0.2, 0.25) is 0 Å². The molecule has 3 aromatic heterocycles. The Bertz CT molecular complexity index is 1030. The quantitative estimate of drug-likeness (QED) is 0.566. The largest absolute Gasteiger partial charge is 0.453 e. The van der Waals surface area contributed by atoms with Crippen molar-refractivity contribution in [1.82, 2.24) is 34.8 Å². The minimum atomic E-state index is -4.67. The predicted molar refractivity (Wildman–Crippen MR) is 77.2 cm³/mol. The maximum atomic E-state index is 12.9. The van der Waals surface area contributed by atoms with Gasteiger partial charge < -0.3 is 4.74 Å². The molecule has 0 unspecified atom stereocenters. The van der Waals surface area contributed by atoms with Crippen LogP contribution in [0.1, 0.15) is 5.82 Å². The summed E-state index contributed by atoms with van der Waals surface area (Å²) in [6.07, 6.45) is -1.50. The molecule has 11 heteroatoms. The minimum Gasteiger partial charge on any atom is -0.438 e. The standard InChI is InChI=1S/C14H8F3N7O/c15-14(16,17)13-20-19-11-4-5-12(21-24(11)13)25-10-3-1-2-9(8-10)23-7-6-18-22-23/h1-8H. The molecule has 3 heterocycles. The summed E-state index contributed by atoms with van der Waals surface area (Å²) in [5.74, 6) is -0.876. The molecule has 0 saturated carbocycles. The fraction of sp³-hybridized carbons (Fsp3) is 0.0714. The van der Waals surface area contributed by atoms with Gasteiger partial charge in [0.05, 0.1) is 18.1 Å². The molecule has 8 nitrogen and oxygen atoms in total. The molecule has 126 valence electrons. The second kappa shape index (κ2) is 5.54. The van der Waals surface area contributed by atoms with E-state index in [1.54, 1.807) is 30.5 Å². The molecule has 0 atom stereocenters. The average Bonchev–Trinajstić information content (AvgIpc) is 3.24. The van der Waals surface area contributed by atoms with Crippen LogP contribution in [0.3, 0.4) is 0 Å². The molecule has 0 spiro atoms. The van der Waals surface area contributed by atoms with Gasteiger partial charge in [-0.3, -0.25) is 0 Å². The summed E-state index contributed by atoms with van der Waals surface area (Å²) in [5.41, 5.74) is 0.646. The fourth-order valence-corrected chi connectivity index (χ4v) is 2.16. The van der Waals surface area contributed by atoms with Gasteiger partial charge >= 0.3 is 6.18 Å². The summed E-state index contributed by atoms with van der Waals surface area (Å²) in [5, 5.41) is 17.9. The number of halogens is 3. The van der Waals surface area contributed by atoms with Gasteiger partial charge in [-0.15, -0.1) is 20.4 Å². The van der Waals surface area contributed by atoms with Crippen LogP contribution in [-0.4, -0.2) is 34.8 Å². The Balaban J connectivity index is 1.68. The highest BCUT2D eigenvalue weighted by atomic mass is 19.4. The molecule has 25 heavy (non-hydrogen) atoms. The smallest absolute Gasteiger partial charge is 0.438 e. The van der Waals surface area contributed by atoms with Crippen molar-refractivity contribution in [3.05, 3.63) is 54.6 Å². The number of hydrogen-bond acceptors (Lipinski definition) is 6. The lowest BCUT2D eigenvalue weighted by Gasteiger charge is -2.08. The van der Waals surface area contributed by atoms with E-state index in [9.17, 15) is 13.2 Å². The van der Waals surface area contributed by atoms with E-state index in [0.29, 0.717) is 16.0 Å². The fourth-order valence-electron chi connectivity index (χ4n) is 2.16. The van der Waals surface area contributed by atoms with Gasteiger partial charge in [-0.25, -0.2) is 4.68 Å². The third kappa shape index (κ3) is 2.86. The molecular weight excluding hydrogens is 339 g/mol. The van der Waals surface area contributed by atoms with Gasteiger partial charge in [-0.05, 0) is 18.2 Å². The van der Waals surface area contributed by atoms with E-state index in [4.69, 9.17) is 4.74 Å². The van der Waals surface area contributed by atoms with Crippen molar-refractivity contribution in [3.8, 4) is 17.3 Å². The number of ether oxygens (including phenoxy) is 1. The summed E-state index contributed by atoms with van der Waals surface area (Å²) in [6.45, 7) is 0. The van der Waals surface area contributed by atoms with E-state index in [-0.39, 0.29) is 11.5 Å². The zero-order valence-corrected chi connectivity index (χ0v) is 12.3. The second-order valence-electron chi connectivity index (χ2n) is 4.91. The lowest BCUT2D eigenvalue weighted by Crippen LogP contribution is -2.12. The SMILES string of the molecule is FC(F)(F)c1nnc2ccc(Oc3cccc(-n4ccnn4)c3)nn12. The van der Waals surface area contributed by atoms with Gasteiger partial charge in [-0.1, -0.05) is 11.3 Å². The maximum absolute atomic E-state index is 12.9. The van der Waals surface area contributed by atoms with Crippen molar-refractivity contribution in [2.75, 3.05) is 0 Å². The zero-order valence-electron chi connectivity index (χ0n) is 12.3. The number of nitrogens with zero attached hydrogens (tertiary/aromatic N) is 7. The van der Waals surface area contributed by atoms with Crippen LogP contribution in [0.15, 0.2) is 48.8 Å². The van der Waals surface area contributed by atoms with Crippen LogP contribution in [0, 0.1) is 0 Å². The highest BCUT2D eigenvalue weighted by molar-refractivity contribution is 5.41. The van der Waals surface area contributed by atoms with Crippen molar-refractivity contribution in [2.24, 2.45) is 0 Å². The Kier molecular flexibility index (Phi) is 3.34. The van der Waals surface area contributed by atoms with E-state index in [2.05, 4.69) is 25.6 Å². The first-order valence-electron chi connectivity index (χ1n) is 6.95. The number of hydrogen-bond donors (Lipinski definition) is 0. The Morgan fingerprint density at radius 3 is 2.68 bits per heavy atom. The van der Waals surface area contributed by atoms with Gasteiger partial charge in [0.15, 0.2) is 5.65 Å². The lowest BCUT2D eigenvalue weighted by atomic mass is 10.3. The highest BCUT2D eigenvalue weighted by Gasteiger charge is 2.37. The maximum Gasteiger partial charge on any atom is 0.453 e. The minimum absolute atomic E-state index is 0.0314. The first-order chi connectivity index (χ1) is 12.0. The molecule has 0 bridgehead atoms. The summed E-state index contributed by atoms with van der Waals surface area (Å²) < 4.78 is 46.4. The molecule has 0 aliphatic heterocycles. The Morgan fingerprint density at radius 1 is 1.04 bits per heavy atom. The molecule has 1 aromatic carbocycles. The number of aromatic nitrogens is 7. The highest BCUT2D eigenvalue weighted by Crippen LogP contribution is 2.28. The predicted octanol–water partition coefficient (Wildman–Crippen LogP) is 2.52. The van der Waals surface area contributed by atoms with E-state index in [1.165, 1.54) is 23.0 Å². The zero-order chi connectivity index (χ0) is 17.4. The average molecular weight is 347 g/mol. The van der Waals surface area contributed by atoms with Crippen molar-refractivity contribution in [1.29, 1.82) is 0 Å². The van der Waals surface area contributed by atoms with Crippen LogP contribution in [0.25, 0.3) is 11.3 Å². The van der Waals surface area contributed by atoms with E-state index >= 15 is 0 Å². The number of alkyl halides is 3. The molecule has 0 fully saturated rings. The molecule has 0 aliphatic rings. The number of benzene rings is 1. The van der Waals surface area contributed by atoms with Crippen LogP contribution in [0.5, 0.6) is 11.6 Å². The molecule has 0 saturated heterocycles. The molecule has 0 amide bonds. The third-order valence-electron chi connectivity index (χ3n) is 3.22. The monoisotopic (exact) mass is 347 g/mol. The van der Waals surface area contributed by atoms with Crippen LogP contribution in [0.4, 0.5) is 13.2 Å². The second-order valence-corrected chi connectivity index (χ2v) is 4.91. The van der Waals surface area contributed by atoms with Gasteiger partial charge in [-0.2, -0.15) is 17.7 Å². The molecule has 4 aromatic rings. The van der Waals surface area contributed by atoms with Gasteiger partial charge in [0, 0.05) is 12.1 Å². The number of rotatable bonds is 3. The van der Waals surface area contributed by atoms with E-state index in [0.717, 1.165) is 0 Å². The van der Waals surface area contributed by atoms with Gasteiger partial charge in [0.25, 0.3) is 5.82 Å². The molecule has 0 radical (unpaired) electrons. The van der Waals surface area contributed by atoms with Gasteiger partial charge in [0.2, 0.25) is 5.88 Å². The summed E-state index contributed by atoms with van der Waals surface area (Å²) >= 11 is 0. The molecule has 0 N–H and O–H groups in total. The van der Waals surface area contributed by atoms with Crippen LogP contribution >= 0.6 is 0 Å². The van der Waals surface area contributed by atoms with Gasteiger partial charge in [0.1, 0.15) is 5.75 Å². The summed E-state index contributed by atoms with van der Waals surface area (Å²) in [4.78, 5) is 0. The van der Waals surface area contributed by atoms with Crippen molar-refractivity contribution in [2.45, 2.75) is 6.18 Å². The van der Waals surface area contributed by atoms with E-state index in [1.807, 2.05) is 0 Å². The normalized spacial score (nSPS) is 11.8. The molecular formula is C14H8F3N7O. The topological polar surface area (TPSA) is 83.0 Å². The van der Waals surface area contributed by atoms with Crippen molar-refractivity contribution >= 4 is 5.65 Å². The van der Waals surface area contributed by atoms with Crippen molar-refractivity contribution < 1.29 is 17.9 Å². The van der Waals surface area contributed by atoms with Crippen molar-refractivity contribution in [3.63, 3.8) is 0 Å². The first-order valence-corrected chi connectivity index (χ1v) is 6.95. The Hall–Kier alpha value is -3.50. The van der Waals surface area contributed by atoms with E-state index < -0.39 is 12.0 Å². The third-order valence-corrected chi connectivity index (χ3v) is 3.22. The molecule has 0 aliphatic carbocycles. The summed E-state index contributed by atoms with van der Waals surface area (Å²) in [6, 6.07) is 9.53. The first kappa shape index (κ1) is 15.1. The number of fused-ring (bicyclic) bond motifs is 1. The molecule has 4 rings (SSSR count). The Labute approximate surface area is 137 Å². The summed E-state index contributed by atoms with van der Waals surface area (Å²) in [7, 11) is 0.